The molecule has 0 radical (unpaired) electrons. The molecule has 1 N–H and O–H groups in total. The summed E-state index contributed by atoms with van der Waals surface area (Å²) in [4.78, 5) is 0. The molecular formula is C17H25NO. The van der Waals surface area contributed by atoms with Gasteiger partial charge < -0.3 is 10.1 Å². The summed E-state index contributed by atoms with van der Waals surface area (Å²) in [6.07, 6.45) is 1.32. The summed E-state index contributed by atoms with van der Waals surface area (Å²) in [5, 5.41) is 3.63. The van der Waals surface area contributed by atoms with E-state index in [9.17, 15) is 0 Å². The average molecular weight is 259 g/mol. The van der Waals surface area contributed by atoms with Crippen molar-refractivity contribution in [3.8, 4) is 5.75 Å². The van der Waals surface area contributed by atoms with E-state index in [1.165, 1.54) is 12.0 Å². The van der Waals surface area contributed by atoms with Gasteiger partial charge in [0.05, 0.1) is 6.61 Å². The molecule has 1 aliphatic heterocycles. The summed E-state index contributed by atoms with van der Waals surface area (Å²) >= 11 is 0. The van der Waals surface area contributed by atoms with E-state index in [2.05, 4.69) is 50.4 Å². The Balaban J connectivity index is 1.74. The van der Waals surface area contributed by atoms with Crippen LogP contribution in [-0.4, -0.2) is 19.7 Å². The van der Waals surface area contributed by atoms with Gasteiger partial charge in [0.2, 0.25) is 0 Å². The van der Waals surface area contributed by atoms with Crippen molar-refractivity contribution in [2.24, 2.45) is 17.8 Å². The van der Waals surface area contributed by atoms with Crippen LogP contribution in [0.15, 0.2) is 24.3 Å². The van der Waals surface area contributed by atoms with Crippen LogP contribution in [0.3, 0.4) is 0 Å². The Morgan fingerprint density at radius 1 is 1.37 bits per heavy atom. The molecule has 1 fully saturated rings. The predicted molar refractivity (Wildman–Crippen MR) is 78.6 cm³/mol. The van der Waals surface area contributed by atoms with E-state index in [0.717, 1.165) is 37.3 Å². The summed E-state index contributed by atoms with van der Waals surface area (Å²) in [6.45, 7) is 10.0. The van der Waals surface area contributed by atoms with Crippen LogP contribution in [0.5, 0.6) is 5.75 Å². The van der Waals surface area contributed by atoms with E-state index in [-0.39, 0.29) is 0 Å². The van der Waals surface area contributed by atoms with Crippen LogP contribution in [0.1, 0.15) is 32.8 Å². The summed E-state index contributed by atoms with van der Waals surface area (Å²) in [5.41, 5.74) is 1.84. The van der Waals surface area contributed by atoms with Gasteiger partial charge >= 0.3 is 0 Å². The second-order valence-corrected chi connectivity index (χ2v) is 6.70. The first-order chi connectivity index (χ1) is 9.14. The van der Waals surface area contributed by atoms with Gasteiger partial charge in [-0.1, -0.05) is 39.0 Å². The van der Waals surface area contributed by atoms with E-state index in [1.807, 2.05) is 0 Å². The Bertz CT molecular complexity index is 456. The van der Waals surface area contributed by atoms with Crippen molar-refractivity contribution in [1.29, 1.82) is 0 Å². The van der Waals surface area contributed by atoms with E-state index in [1.54, 1.807) is 0 Å². The molecule has 0 bridgehead atoms. The van der Waals surface area contributed by atoms with Crippen LogP contribution in [0.2, 0.25) is 0 Å². The third-order valence-corrected chi connectivity index (χ3v) is 4.85. The molecule has 0 saturated heterocycles. The van der Waals surface area contributed by atoms with E-state index in [0.29, 0.717) is 11.3 Å². The third-order valence-electron chi connectivity index (χ3n) is 4.85. The number of hydrogen-bond acceptors (Lipinski definition) is 2. The quantitative estimate of drug-likeness (QED) is 0.896. The number of para-hydroxylation sites is 1. The van der Waals surface area contributed by atoms with Crippen molar-refractivity contribution in [3.05, 3.63) is 29.8 Å². The molecule has 19 heavy (non-hydrogen) atoms. The number of hydrogen-bond donors (Lipinski definition) is 1. The Hall–Kier alpha value is -1.02. The molecule has 1 aromatic carbocycles. The zero-order valence-electron chi connectivity index (χ0n) is 12.3. The molecule has 3 rings (SSSR count). The number of fused-ring (bicyclic) bond motifs is 2. The van der Waals surface area contributed by atoms with Crippen molar-refractivity contribution in [2.45, 2.75) is 32.6 Å². The van der Waals surface area contributed by atoms with Crippen LogP contribution in [-0.2, 0) is 5.41 Å². The monoisotopic (exact) mass is 259 g/mol. The lowest BCUT2D eigenvalue weighted by Crippen LogP contribution is -2.34. The first-order valence-corrected chi connectivity index (χ1v) is 7.57. The molecule has 2 heteroatoms. The lowest BCUT2D eigenvalue weighted by Gasteiger charge is -2.33. The summed E-state index contributed by atoms with van der Waals surface area (Å²) in [7, 11) is 0. The fourth-order valence-corrected chi connectivity index (χ4v) is 3.69. The van der Waals surface area contributed by atoms with Crippen LogP contribution in [0, 0.1) is 17.8 Å². The van der Waals surface area contributed by atoms with Gasteiger partial charge in [-0.3, -0.25) is 0 Å². The van der Waals surface area contributed by atoms with Crippen LogP contribution < -0.4 is 10.1 Å². The Kier molecular flexibility index (Phi) is 3.30. The average Bonchev–Trinajstić information content (AvgIpc) is 3.10. The second kappa shape index (κ2) is 4.82. The minimum absolute atomic E-state index is 0.388. The lowest BCUT2D eigenvalue weighted by molar-refractivity contribution is 0.186. The zero-order chi connectivity index (χ0) is 13.5. The minimum atomic E-state index is 0.388. The molecule has 3 unspecified atom stereocenters. The third kappa shape index (κ3) is 2.16. The van der Waals surface area contributed by atoms with Crippen molar-refractivity contribution < 1.29 is 4.74 Å². The van der Waals surface area contributed by atoms with E-state index < -0.39 is 0 Å². The maximum atomic E-state index is 5.88. The first-order valence-electron chi connectivity index (χ1n) is 7.57. The number of nitrogens with one attached hydrogen (secondary N) is 1. The lowest BCUT2D eigenvalue weighted by atomic mass is 9.80. The Morgan fingerprint density at radius 3 is 2.95 bits per heavy atom. The fraction of sp³-hybridized carbons (Fsp3) is 0.647. The zero-order valence-corrected chi connectivity index (χ0v) is 12.3. The number of ether oxygens (including phenoxy) is 1. The summed E-state index contributed by atoms with van der Waals surface area (Å²) in [5.74, 6) is 3.26. The minimum Gasteiger partial charge on any atom is -0.493 e. The van der Waals surface area contributed by atoms with Crippen molar-refractivity contribution in [3.63, 3.8) is 0 Å². The molecule has 1 heterocycles. The smallest absolute Gasteiger partial charge is 0.123 e. The molecule has 1 spiro atoms. The molecule has 104 valence electrons. The van der Waals surface area contributed by atoms with Gasteiger partial charge in [0.1, 0.15) is 5.75 Å². The van der Waals surface area contributed by atoms with Gasteiger partial charge in [-0.25, -0.2) is 0 Å². The van der Waals surface area contributed by atoms with Crippen LogP contribution in [0.4, 0.5) is 0 Å². The predicted octanol–water partition coefficient (Wildman–Crippen LogP) is 3.22. The van der Waals surface area contributed by atoms with Gasteiger partial charge in [0, 0.05) is 16.9 Å². The fourth-order valence-electron chi connectivity index (χ4n) is 3.69. The Labute approximate surface area is 116 Å². The van der Waals surface area contributed by atoms with Crippen LogP contribution in [0.25, 0.3) is 0 Å². The molecule has 1 saturated carbocycles. The topological polar surface area (TPSA) is 21.3 Å². The highest BCUT2D eigenvalue weighted by molar-refractivity contribution is 5.47. The van der Waals surface area contributed by atoms with Gasteiger partial charge in [-0.05, 0) is 37.4 Å². The molecular weight excluding hydrogens is 234 g/mol. The van der Waals surface area contributed by atoms with Crippen molar-refractivity contribution >= 4 is 0 Å². The maximum Gasteiger partial charge on any atom is 0.123 e. The van der Waals surface area contributed by atoms with E-state index >= 15 is 0 Å². The molecule has 3 atom stereocenters. The van der Waals surface area contributed by atoms with Gasteiger partial charge in [-0.2, -0.15) is 0 Å². The van der Waals surface area contributed by atoms with Crippen molar-refractivity contribution in [2.75, 3.05) is 19.7 Å². The number of rotatable bonds is 4. The van der Waals surface area contributed by atoms with Gasteiger partial charge in [0.15, 0.2) is 0 Å². The normalized spacial score (nSPS) is 32.2. The first kappa shape index (κ1) is 13.0. The summed E-state index contributed by atoms with van der Waals surface area (Å²) < 4.78 is 5.88. The van der Waals surface area contributed by atoms with Crippen LogP contribution >= 0.6 is 0 Å². The van der Waals surface area contributed by atoms with Gasteiger partial charge in [-0.15, -0.1) is 0 Å². The molecule has 1 aromatic rings. The molecule has 2 aliphatic rings. The standard InChI is InChI=1S/C17H25NO/c1-12(2)9-18-10-14-8-17(14)13(3)11-19-16-7-5-4-6-15(16)17/h4-7,12-14,18H,8-11H2,1-3H3. The largest absolute Gasteiger partial charge is 0.493 e. The summed E-state index contributed by atoms with van der Waals surface area (Å²) in [6, 6.07) is 8.63. The number of benzene rings is 1. The van der Waals surface area contributed by atoms with Gasteiger partial charge in [0.25, 0.3) is 0 Å². The highest BCUT2D eigenvalue weighted by atomic mass is 16.5. The molecule has 1 aliphatic carbocycles. The van der Waals surface area contributed by atoms with E-state index in [4.69, 9.17) is 4.74 Å². The molecule has 2 nitrogen and oxygen atoms in total. The molecule has 0 amide bonds. The highest BCUT2D eigenvalue weighted by Gasteiger charge is 2.60. The second-order valence-electron chi connectivity index (χ2n) is 6.70. The maximum absolute atomic E-state index is 5.88. The SMILES string of the molecule is CC(C)CNCC1CC12c1ccccc1OCC2C. The molecule has 0 aromatic heterocycles. The van der Waals surface area contributed by atoms with Crippen molar-refractivity contribution in [1.82, 2.24) is 5.32 Å². The Morgan fingerprint density at radius 2 is 2.16 bits per heavy atom. The highest BCUT2D eigenvalue weighted by Crippen LogP contribution is 2.62.